The minimum atomic E-state index is -0.330. The van der Waals surface area contributed by atoms with Crippen LogP contribution < -0.4 is 10.1 Å². The highest BCUT2D eigenvalue weighted by Crippen LogP contribution is 2.32. The fourth-order valence-corrected chi connectivity index (χ4v) is 5.70. The number of ether oxygens (including phenoxy) is 1. The van der Waals surface area contributed by atoms with Gasteiger partial charge in [0.15, 0.2) is 0 Å². The van der Waals surface area contributed by atoms with E-state index in [1.54, 1.807) is 0 Å². The van der Waals surface area contributed by atoms with Crippen molar-refractivity contribution in [3.05, 3.63) is 65.7 Å². The van der Waals surface area contributed by atoms with Gasteiger partial charge in [0.2, 0.25) is 5.91 Å². The number of carbonyl (C=O) groups is 2. The number of nitrogens with zero attached hydrogens (tertiary/aromatic N) is 1. The molecule has 2 amide bonds. The van der Waals surface area contributed by atoms with E-state index < -0.39 is 0 Å². The lowest BCUT2D eigenvalue weighted by atomic mass is 10.1. The summed E-state index contributed by atoms with van der Waals surface area (Å²) >= 11 is 3.09. The molecular weight excluding hydrogens is 404 g/mol. The Morgan fingerprint density at radius 1 is 1.07 bits per heavy atom. The molecule has 0 bridgehead atoms. The third-order valence-electron chi connectivity index (χ3n) is 5.11. The van der Waals surface area contributed by atoms with Crippen LogP contribution in [0.3, 0.4) is 0 Å². The van der Waals surface area contributed by atoms with Crippen LogP contribution in [0.1, 0.15) is 16.4 Å². The quantitative estimate of drug-likeness (QED) is 0.725. The Balaban J connectivity index is 1.22. The van der Waals surface area contributed by atoms with E-state index in [1.807, 2.05) is 36.0 Å². The average Bonchev–Trinajstić information content (AvgIpc) is 3.07. The summed E-state index contributed by atoms with van der Waals surface area (Å²) in [6, 6.07) is 18.5. The molecule has 2 heterocycles. The minimum absolute atomic E-state index is 0.200. The van der Waals surface area contributed by atoms with Gasteiger partial charge in [-0.3, -0.25) is 19.8 Å². The van der Waals surface area contributed by atoms with Crippen LogP contribution in [0.15, 0.2) is 54.6 Å². The second-order valence-corrected chi connectivity index (χ2v) is 9.64. The summed E-state index contributed by atoms with van der Waals surface area (Å²) in [4.78, 5) is 25.4. The zero-order valence-electron chi connectivity index (χ0n) is 16.1. The fourth-order valence-electron chi connectivity index (χ4n) is 3.53. The Kier molecular flexibility index (Phi) is 6.79. The lowest BCUT2D eigenvalue weighted by Crippen LogP contribution is -2.37. The Hall–Kier alpha value is -1.96. The van der Waals surface area contributed by atoms with E-state index in [0.29, 0.717) is 18.3 Å². The van der Waals surface area contributed by atoms with Gasteiger partial charge in [-0.2, -0.15) is 11.8 Å². The lowest BCUT2D eigenvalue weighted by Gasteiger charge is -2.32. The summed E-state index contributed by atoms with van der Waals surface area (Å²) in [7, 11) is 0. The van der Waals surface area contributed by atoms with E-state index in [-0.39, 0.29) is 16.4 Å². The molecule has 1 N–H and O–H groups in total. The third-order valence-corrected chi connectivity index (χ3v) is 7.33. The van der Waals surface area contributed by atoms with Gasteiger partial charge in [-0.25, -0.2) is 0 Å². The van der Waals surface area contributed by atoms with Crippen LogP contribution in [0.4, 0.5) is 4.79 Å². The third kappa shape index (κ3) is 5.56. The molecule has 0 radical (unpaired) electrons. The normalized spacial score (nSPS) is 22.5. The second-order valence-electron chi connectivity index (χ2n) is 7.15. The number of carbonyl (C=O) groups excluding carboxylic acids is 2. The Morgan fingerprint density at radius 3 is 2.59 bits per heavy atom. The average molecular weight is 429 g/mol. The topological polar surface area (TPSA) is 58.6 Å². The second kappa shape index (κ2) is 9.69. The van der Waals surface area contributed by atoms with Crippen molar-refractivity contribution in [2.75, 3.05) is 32.0 Å². The van der Waals surface area contributed by atoms with Crippen molar-refractivity contribution in [1.29, 1.82) is 0 Å². The summed E-state index contributed by atoms with van der Waals surface area (Å²) in [5.74, 6) is 1.77. The van der Waals surface area contributed by atoms with Crippen LogP contribution in [0.2, 0.25) is 0 Å². The molecule has 0 aliphatic carbocycles. The largest absolute Gasteiger partial charge is 0.492 e. The number of thioether (sulfide) groups is 2. The molecule has 0 aromatic heterocycles. The molecule has 152 valence electrons. The Morgan fingerprint density at radius 2 is 1.86 bits per heavy atom. The van der Waals surface area contributed by atoms with E-state index in [2.05, 4.69) is 40.5 Å². The first kappa shape index (κ1) is 20.3. The van der Waals surface area contributed by atoms with Gasteiger partial charge in [0.1, 0.15) is 12.4 Å². The molecule has 2 unspecified atom stereocenters. The highest BCUT2D eigenvalue weighted by Gasteiger charge is 2.31. The molecular formula is C22H24N2O3S2. The predicted octanol–water partition coefficient (Wildman–Crippen LogP) is 3.75. The molecule has 2 aliphatic rings. The number of rotatable bonds is 7. The molecule has 4 rings (SSSR count). The van der Waals surface area contributed by atoms with Gasteiger partial charge < -0.3 is 4.74 Å². The molecule has 7 heteroatoms. The molecule has 0 spiro atoms. The molecule has 29 heavy (non-hydrogen) atoms. The molecule has 5 nitrogen and oxygen atoms in total. The summed E-state index contributed by atoms with van der Waals surface area (Å²) in [6.07, 6.45) is 0.550. The van der Waals surface area contributed by atoms with Crippen LogP contribution in [0.5, 0.6) is 5.75 Å². The number of imide groups is 1. The van der Waals surface area contributed by atoms with Gasteiger partial charge in [0.05, 0.1) is 5.25 Å². The highest BCUT2D eigenvalue weighted by molar-refractivity contribution is 8.15. The van der Waals surface area contributed by atoms with E-state index in [1.165, 1.54) is 5.56 Å². The number of hydrogen-bond acceptors (Lipinski definition) is 6. The minimum Gasteiger partial charge on any atom is -0.492 e. The van der Waals surface area contributed by atoms with Crippen molar-refractivity contribution < 1.29 is 14.3 Å². The number of hydrogen-bond donors (Lipinski definition) is 1. The van der Waals surface area contributed by atoms with Crippen molar-refractivity contribution in [1.82, 2.24) is 10.2 Å². The van der Waals surface area contributed by atoms with Crippen molar-refractivity contribution in [3.8, 4) is 5.75 Å². The van der Waals surface area contributed by atoms with Gasteiger partial charge >= 0.3 is 0 Å². The monoisotopic (exact) mass is 428 g/mol. The summed E-state index contributed by atoms with van der Waals surface area (Å²) < 4.78 is 5.93. The Labute approximate surface area is 179 Å². The van der Waals surface area contributed by atoms with E-state index in [9.17, 15) is 9.59 Å². The summed E-state index contributed by atoms with van der Waals surface area (Å²) in [5, 5.41) is 2.27. The van der Waals surface area contributed by atoms with Gasteiger partial charge in [0, 0.05) is 30.6 Å². The maximum Gasteiger partial charge on any atom is 0.286 e. The van der Waals surface area contributed by atoms with Crippen molar-refractivity contribution >= 4 is 34.7 Å². The predicted molar refractivity (Wildman–Crippen MR) is 119 cm³/mol. The SMILES string of the molecule is O=C1NC(=O)C(Cc2ccc(OCCN3CCSC(c4ccccc4)C3)cc2)S1. The first-order valence-electron chi connectivity index (χ1n) is 9.79. The molecule has 2 aromatic rings. The fraction of sp³-hybridized carbons (Fsp3) is 0.364. The molecule has 2 atom stereocenters. The molecule has 2 saturated heterocycles. The smallest absolute Gasteiger partial charge is 0.286 e. The van der Waals surface area contributed by atoms with Crippen molar-refractivity contribution in [2.24, 2.45) is 0 Å². The molecule has 2 aliphatic heterocycles. The first-order valence-corrected chi connectivity index (χ1v) is 11.7. The number of nitrogens with one attached hydrogen (secondary N) is 1. The Bertz CT molecular complexity index is 845. The standard InChI is InChI=1S/C22H24N2O3S2/c25-21-19(29-22(26)23-21)14-16-6-8-18(9-7-16)27-12-10-24-11-13-28-20(15-24)17-4-2-1-3-5-17/h1-9,19-20H,10-15H2,(H,23,25,26). The van der Waals surface area contributed by atoms with Crippen LogP contribution >= 0.6 is 23.5 Å². The maximum atomic E-state index is 11.7. The summed E-state index contributed by atoms with van der Waals surface area (Å²) in [6.45, 7) is 3.71. The van der Waals surface area contributed by atoms with Gasteiger partial charge in [-0.05, 0) is 29.7 Å². The van der Waals surface area contributed by atoms with Crippen molar-refractivity contribution in [2.45, 2.75) is 16.9 Å². The first-order chi connectivity index (χ1) is 14.2. The van der Waals surface area contributed by atoms with E-state index in [4.69, 9.17) is 4.74 Å². The van der Waals surface area contributed by atoms with Crippen LogP contribution in [0.25, 0.3) is 0 Å². The molecule has 2 aromatic carbocycles. The van der Waals surface area contributed by atoms with Gasteiger partial charge in [-0.1, -0.05) is 54.2 Å². The zero-order valence-corrected chi connectivity index (χ0v) is 17.7. The van der Waals surface area contributed by atoms with Crippen LogP contribution in [-0.2, 0) is 11.2 Å². The van der Waals surface area contributed by atoms with Gasteiger partial charge in [-0.15, -0.1) is 0 Å². The lowest BCUT2D eigenvalue weighted by molar-refractivity contribution is -0.118. The van der Waals surface area contributed by atoms with E-state index in [0.717, 1.165) is 48.5 Å². The molecule has 2 fully saturated rings. The van der Waals surface area contributed by atoms with Crippen LogP contribution in [0, 0.1) is 0 Å². The maximum absolute atomic E-state index is 11.7. The van der Waals surface area contributed by atoms with Crippen LogP contribution in [-0.4, -0.2) is 53.3 Å². The number of amides is 2. The van der Waals surface area contributed by atoms with E-state index >= 15 is 0 Å². The zero-order chi connectivity index (χ0) is 20.1. The highest BCUT2D eigenvalue weighted by atomic mass is 32.2. The number of benzene rings is 2. The summed E-state index contributed by atoms with van der Waals surface area (Å²) in [5.41, 5.74) is 2.42. The van der Waals surface area contributed by atoms with Crippen molar-refractivity contribution in [3.63, 3.8) is 0 Å². The van der Waals surface area contributed by atoms with Gasteiger partial charge in [0.25, 0.3) is 5.24 Å². The molecule has 0 saturated carbocycles.